The van der Waals surface area contributed by atoms with E-state index in [-0.39, 0.29) is 119 Å². The molecule has 42 heteroatoms. The van der Waals surface area contributed by atoms with Crippen LogP contribution in [0.4, 0.5) is 43.2 Å². The summed E-state index contributed by atoms with van der Waals surface area (Å²) in [5.41, 5.74) is -4.55. The van der Waals surface area contributed by atoms with Crippen LogP contribution in [0, 0.1) is 0 Å². The molecule has 0 saturated heterocycles. The summed E-state index contributed by atoms with van der Waals surface area (Å²) in [7, 11) is 0. The molecular formula is C105H183N3O36S3. The fourth-order valence-corrected chi connectivity index (χ4v) is 15.4. The average Bonchev–Trinajstić information content (AvgIpc) is 0.863. The summed E-state index contributed by atoms with van der Waals surface area (Å²) in [6.45, 7) is 66.4. The Morgan fingerprint density at radius 2 is 0.327 bits per heavy atom. The number of nitrogens with one attached hydrogen (secondary N) is 3. The maximum atomic E-state index is 12.0. The number of hydrogen-bond acceptors (Lipinski definition) is 39. The zero-order chi connectivity index (χ0) is 114. The number of thioether (sulfide) groups is 3. The molecule has 0 bridgehead atoms. The van der Waals surface area contributed by atoms with Crippen LogP contribution in [0.25, 0.3) is 0 Å². The second-order valence-electron chi connectivity index (χ2n) is 48.9. The molecule has 0 radical (unpaired) electrons. The van der Waals surface area contributed by atoms with E-state index in [1.807, 2.05) is 187 Å². The molecule has 24 unspecified atom stereocenters. The van der Waals surface area contributed by atoms with Gasteiger partial charge in [0, 0.05) is 108 Å². The summed E-state index contributed by atoms with van der Waals surface area (Å²) in [5.74, 6) is 0. The van der Waals surface area contributed by atoms with E-state index in [0.717, 1.165) is 35.3 Å². The Balaban J connectivity index is 0.000000883. The van der Waals surface area contributed by atoms with Gasteiger partial charge in [-0.05, 0) is 277 Å². The third-order valence-corrected chi connectivity index (χ3v) is 21.8. The first kappa shape index (κ1) is 138. The second-order valence-corrected chi connectivity index (χ2v) is 54.2. The van der Waals surface area contributed by atoms with Crippen LogP contribution in [0.1, 0.15) is 326 Å². The summed E-state index contributed by atoms with van der Waals surface area (Å²) >= 11 is 3.21. The van der Waals surface area contributed by atoms with Gasteiger partial charge in [0.05, 0.1) is 108 Å². The quantitative estimate of drug-likeness (QED) is 0.0490. The summed E-state index contributed by atoms with van der Waals surface area (Å²) in [6, 6.07) is 0. The Morgan fingerprint density at radius 3 is 0.456 bits per heavy atom. The van der Waals surface area contributed by atoms with Crippen LogP contribution in [0.5, 0.6) is 0 Å². The molecule has 6 aliphatic carbocycles. The van der Waals surface area contributed by atoms with Gasteiger partial charge in [0.15, 0.2) is 0 Å². The molecule has 3 amide bonds. The molecule has 0 aliphatic heterocycles. The van der Waals surface area contributed by atoms with Crippen LogP contribution in [-0.4, -0.2) is 325 Å². The van der Waals surface area contributed by atoms with Gasteiger partial charge in [-0.2, -0.15) is 0 Å². The number of aliphatic hydroxyl groups is 12. The minimum Gasteiger partial charge on any atom is -0.450 e. The van der Waals surface area contributed by atoms with Crippen molar-refractivity contribution in [3.05, 3.63) is 72.9 Å². The number of carbonyl (C=O) groups excluding carboxylic acids is 9. The lowest BCUT2D eigenvalue weighted by Gasteiger charge is -2.31. The number of aliphatic hydroxyl groups excluding tert-OH is 12. The monoisotopic (exact) mass is 2160 g/mol. The maximum absolute atomic E-state index is 12.0. The Hall–Kier alpha value is -7.08. The molecule has 6 rings (SSSR count). The number of ether oxygens (including phenoxy) is 15. The molecule has 6 aliphatic rings. The summed E-state index contributed by atoms with van der Waals surface area (Å²) in [6.07, 6.45) is -2.85. The highest BCUT2D eigenvalue weighted by Gasteiger charge is 2.40. The Morgan fingerprint density at radius 1 is 0.197 bits per heavy atom. The molecule has 0 heterocycles. The van der Waals surface area contributed by atoms with E-state index in [1.165, 1.54) is 12.2 Å². The first-order valence-corrected chi connectivity index (χ1v) is 52.4. The first-order chi connectivity index (χ1) is 66.3. The number of carbonyl (C=O) groups is 9. The van der Waals surface area contributed by atoms with Crippen molar-refractivity contribution in [2.75, 3.05) is 0 Å². The Bertz CT molecular complexity index is 3620. The molecule has 0 fully saturated rings. The Labute approximate surface area is 884 Å². The number of rotatable bonds is 12. The van der Waals surface area contributed by atoms with Crippen molar-refractivity contribution >= 4 is 87.9 Å². The zero-order valence-corrected chi connectivity index (χ0v) is 96.1. The van der Waals surface area contributed by atoms with E-state index in [1.54, 1.807) is 123 Å². The normalized spacial score (nSPS) is 29.6. The van der Waals surface area contributed by atoms with Crippen LogP contribution in [-0.2, 0) is 71.1 Å². The molecule has 0 spiro atoms. The topological polar surface area (TPSA) is 571 Å². The van der Waals surface area contributed by atoms with Gasteiger partial charge in [0.25, 0.3) is 0 Å². The highest BCUT2D eigenvalue weighted by Crippen LogP contribution is 2.35. The molecule has 39 nitrogen and oxygen atoms in total. The predicted octanol–water partition coefficient (Wildman–Crippen LogP) is 16.7. The maximum Gasteiger partial charge on any atom is 0.509 e. The molecule has 24 atom stereocenters. The highest BCUT2D eigenvalue weighted by atomic mass is 32.2. The van der Waals surface area contributed by atoms with Gasteiger partial charge in [-0.1, -0.05) is 80.5 Å². The minimum absolute atomic E-state index is 0.00390. The fraction of sp³-hybridized carbons (Fsp3) is 0.800. The van der Waals surface area contributed by atoms with E-state index in [2.05, 4.69) is 16.0 Å². The smallest absolute Gasteiger partial charge is 0.450 e. The molecule has 0 aromatic rings. The van der Waals surface area contributed by atoms with Crippen LogP contribution >= 0.6 is 35.3 Å². The summed E-state index contributed by atoms with van der Waals surface area (Å²) in [5, 5.41) is 128. The lowest BCUT2D eigenvalue weighted by molar-refractivity contribution is -0.0847. The van der Waals surface area contributed by atoms with Crippen molar-refractivity contribution in [3.63, 3.8) is 0 Å². The van der Waals surface area contributed by atoms with E-state index in [0.29, 0.717) is 12.8 Å². The molecule has 0 saturated carbocycles. The third-order valence-electron chi connectivity index (χ3n) is 19.1. The van der Waals surface area contributed by atoms with Crippen molar-refractivity contribution in [1.82, 2.24) is 16.0 Å². The lowest BCUT2D eigenvalue weighted by atomic mass is 9.96. The molecule has 147 heavy (non-hydrogen) atoms. The van der Waals surface area contributed by atoms with Gasteiger partial charge in [-0.3, -0.25) is 0 Å². The highest BCUT2D eigenvalue weighted by molar-refractivity contribution is 8.14. The molecule has 0 aromatic heterocycles. The van der Waals surface area contributed by atoms with Gasteiger partial charge in [-0.15, -0.1) is 0 Å². The first-order valence-electron chi connectivity index (χ1n) is 50.0. The minimum atomic E-state index is -1.16. The van der Waals surface area contributed by atoms with Crippen molar-refractivity contribution < 1.29 is 175 Å². The SMILES string of the molecule is CC(C)(C)NC(=O)OC1/C=C/C(OC(=O)NC(C)(C)C)CC(O)C(O)C1.CC(C)(C)NC(=O)OC1/C=C/C(OC(C)(C)C)CC(O)C(O)C1.CC(C)(C)OC(=O)OC1/C=C/C(OC(=O)OC(C)(C)C)CC(O)C(O)C1.CC(C)(C)OC(=O)OC1/C=C/C(OC(C)(C)C)CC(O)C(O)C1.CC(C)(C)OC1/C=C/C(OC(=O)SC(C)(C)C)CC(O)C(O)C1.CC(C)(C)SC(=O)OC1/C=C/C(OC(=O)SC(C)(C)C)CC(O)C(O)C1. The summed E-state index contributed by atoms with van der Waals surface area (Å²) < 4.78 is 79.6. The van der Waals surface area contributed by atoms with Gasteiger partial charge in [0.1, 0.15) is 71.7 Å². The van der Waals surface area contributed by atoms with Gasteiger partial charge in [-0.25, -0.2) is 43.2 Å². The fourth-order valence-electron chi connectivity index (χ4n) is 13.4. The van der Waals surface area contributed by atoms with Gasteiger partial charge >= 0.3 is 52.6 Å². The lowest BCUT2D eigenvalue weighted by Crippen LogP contribution is -2.44. The largest absolute Gasteiger partial charge is 0.509 e. The third kappa shape index (κ3) is 71.4. The predicted molar refractivity (Wildman–Crippen MR) is 562 cm³/mol. The van der Waals surface area contributed by atoms with Crippen LogP contribution in [0.15, 0.2) is 72.9 Å². The van der Waals surface area contributed by atoms with Crippen LogP contribution in [0.3, 0.4) is 0 Å². The van der Waals surface area contributed by atoms with E-state index >= 15 is 0 Å². The van der Waals surface area contributed by atoms with E-state index < -0.39 is 209 Å². The zero-order valence-electron chi connectivity index (χ0n) is 93.7. The van der Waals surface area contributed by atoms with Crippen molar-refractivity contribution in [3.8, 4) is 0 Å². The summed E-state index contributed by atoms with van der Waals surface area (Å²) in [4.78, 5) is 107. The molecule has 852 valence electrons. The van der Waals surface area contributed by atoms with Crippen LogP contribution < -0.4 is 16.0 Å². The standard InChI is InChI=1S/C18H32N2O6.C18H30O8.C18H30O6S2.C17H31NO5.C17H30O6.C17H30O5S/c1-17(2,3)19-15(23)25-11-7-8-12(10-14(22)13(21)9-11)26-16(24)20-18(4,5)6;2*1-17(2,3)25-15(21)23-11-7-8-12(10-14(20)13(19)9-11)24-16(22)26-18(4,5)6;1-16(2,3)18-15(21)22-11-7-8-12(23-17(4,5)6)10-14(20)13(19)9-11;2*1-16(2,3)22-12-8-7-11(9-13(18)14(19)10-12)21-15(20)23-17(4,5)6/h7-8,11-14,21-22H,9-10H2,1-6H3,(H,19,23)(H,20,24);2*7-8,11-14,19-20H,9-10H2,1-6H3;7-8,11-14,19-20H,9-10H2,1-6H3,(H,18,21);2*7-8,11-14,18-19H,9-10H2,1-6H3/b6*8-7+. The van der Waals surface area contributed by atoms with Crippen LogP contribution in [0.2, 0.25) is 0 Å². The molecular weight excluding hydrogens is 1980 g/mol. The average molecular weight is 2160 g/mol. The number of amides is 3. The second kappa shape index (κ2) is 60.5. The van der Waals surface area contributed by atoms with Crippen molar-refractivity contribution in [2.45, 2.75) is 537 Å². The number of alkyl carbamates (subject to hydrolysis) is 3. The Kier molecular flexibility index (Phi) is 56.8. The van der Waals surface area contributed by atoms with Crippen molar-refractivity contribution in [2.24, 2.45) is 0 Å². The molecule has 15 N–H and O–H groups in total. The van der Waals surface area contributed by atoms with Gasteiger partial charge in [0.2, 0.25) is 0 Å². The van der Waals surface area contributed by atoms with E-state index in [4.69, 9.17) is 71.1 Å². The van der Waals surface area contributed by atoms with E-state index in [9.17, 15) is 104 Å². The molecule has 0 aromatic carbocycles. The van der Waals surface area contributed by atoms with Crippen molar-refractivity contribution in [1.29, 1.82) is 0 Å². The number of hydrogen-bond donors (Lipinski definition) is 15. The van der Waals surface area contributed by atoms with Gasteiger partial charge < -0.3 is 148 Å².